The molecule has 1 unspecified atom stereocenters. The summed E-state index contributed by atoms with van der Waals surface area (Å²) < 4.78 is 36.5. The summed E-state index contributed by atoms with van der Waals surface area (Å²) in [5.74, 6) is 0. The minimum Gasteiger partial charge on any atom is -0.323 e. The molecule has 0 bridgehead atoms. The third kappa shape index (κ3) is 3.66. The molecule has 0 amide bonds. The van der Waals surface area contributed by atoms with Gasteiger partial charge in [0.15, 0.2) is 0 Å². The van der Waals surface area contributed by atoms with Crippen molar-refractivity contribution in [2.75, 3.05) is 0 Å². The quantitative estimate of drug-likeness (QED) is 0.878. The molecule has 0 fully saturated rings. The number of alkyl halides is 3. The second-order valence-corrected chi connectivity index (χ2v) is 5.06. The zero-order chi connectivity index (χ0) is 10.1. The molecule has 1 aromatic rings. The third-order valence-electron chi connectivity index (χ3n) is 1.41. The van der Waals surface area contributed by atoms with Gasteiger partial charge in [-0.05, 0) is 28.1 Å². The molecular weight excluding hydrogens is 267 g/mol. The Labute approximate surface area is 85.9 Å². The first kappa shape index (κ1) is 11.0. The summed E-state index contributed by atoms with van der Waals surface area (Å²) in [6.07, 6.45) is -5.17. The maximum absolute atomic E-state index is 11.9. The van der Waals surface area contributed by atoms with Crippen molar-refractivity contribution in [2.45, 2.75) is 18.6 Å². The summed E-state index contributed by atoms with van der Waals surface area (Å²) in [5.41, 5.74) is 5.36. The molecule has 1 heterocycles. The van der Waals surface area contributed by atoms with Gasteiger partial charge in [-0.15, -0.1) is 11.3 Å². The Hall–Kier alpha value is -0.0700. The van der Waals surface area contributed by atoms with Gasteiger partial charge < -0.3 is 5.73 Å². The molecule has 0 aliphatic rings. The van der Waals surface area contributed by atoms with E-state index >= 15 is 0 Å². The fourth-order valence-corrected chi connectivity index (χ4v) is 2.30. The minimum atomic E-state index is -4.20. The Bertz CT molecular complexity index is 284. The monoisotopic (exact) mass is 273 g/mol. The van der Waals surface area contributed by atoms with Crippen LogP contribution in [-0.4, -0.2) is 6.18 Å². The van der Waals surface area contributed by atoms with Crippen LogP contribution in [0.1, 0.15) is 17.3 Å². The number of hydrogen-bond acceptors (Lipinski definition) is 2. The van der Waals surface area contributed by atoms with Crippen molar-refractivity contribution in [1.82, 2.24) is 0 Å². The molecule has 2 N–H and O–H groups in total. The molecule has 0 saturated heterocycles. The van der Waals surface area contributed by atoms with E-state index in [2.05, 4.69) is 15.9 Å². The smallest absolute Gasteiger partial charge is 0.323 e. The Kier molecular flexibility index (Phi) is 3.37. The van der Waals surface area contributed by atoms with Crippen LogP contribution in [0.15, 0.2) is 15.9 Å². The molecule has 1 aromatic heterocycles. The van der Waals surface area contributed by atoms with Gasteiger partial charge in [0.2, 0.25) is 0 Å². The molecular formula is C7H7BrF3NS. The minimum absolute atomic E-state index is 0.546. The van der Waals surface area contributed by atoms with Crippen LogP contribution >= 0.6 is 27.3 Å². The second-order valence-electron chi connectivity index (χ2n) is 2.57. The molecule has 0 spiro atoms. The molecule has 1 atom stereocenters. The lowest BCUT2D eigenvalue weighted by Gasteiger charge is -2.11. The molecule has 6 heteroatoms. The Balaban J connectivity index is 2.64. The van der Waals surface area contributed by atoms with Gasteiger partial charge >= 0.3 is 6.18 Å². The van der Waals surface area contributed by atoms with E-state index in [0.29, 0.717) is 4.88 Å². The lowest BCUT2D eigenvalue weighted by molar-refractivity contribution is -0.138. The summed E-state index contributed by atoms with van der Waals surface area (Å²) in [7, 11) is 0. The van der Waals surface area contributed by atoms with E-state index in [4.69, 9.17) is 5.73 Å². The molecule has 0 aromatic carbocycles. The van der Waals surface area contributed by atoms with Crippen LogP contribution in [0.4, 0.5) is 13.2 Å². The lowest BCUT2D eigenvalue weighted by Crippen LogP contribution is -2.19. The number of nitrogens with two attached hydrogens (primary N) is 1. The van der Waals surface area contributed by atoms with Crippen LogP contribution in [0.2, 0.25) is 0 Å². The van der Waals surface area contributed by atoms with E-state index in [0.717, 1.165) is 3.79 Å². The first-order valence-electron chi connectivity index (χ1n) is 3.46. The molecule has 13 heavy (non-hydrogen) atoms. The molecule has 0 aliphatic carbocycles. The van der Waals surface area contributed by atoms with Crippen molar-refractivity contribution in [3.8, 4) is 0 Å². The van der Waals surface area contributed by atoms with Crippen LogP contribution in [0, 0.1) is 0 Å². The standard InChI is InChI=1S/C7H7BrF3NS/c8-6-2-1-5(13-6)4(12)3-7(9,10)11/h1-2,4H,3,12H2. The van der Waals surface area contributed by atoms with Crippen LogP contribution in [0.25, 0.3) is 0 Å². The van der Waals surface area contributed by atoms with Gasteiger partial charge in [0.05, 0.1) is 10.2 Å². The van der Waals surface area contributed by atoms with Gasteiger partial charge in [0.25, 0.3) is 0 Å². The molecule has 0 saturated carbocycles. The van der Waals surface area contributed by atoms with E-state index < -0.39 is 18.6 Å². The highest BCUT2D eigenvalue weighted by molar-refractivity contribution is 9.11. The fraction of sp³-hybridized carbons (Fsp3) is 0.429. The maximum atomic E-state index is 11.9. The van der Waals surface area contributed by atoms with Gasteiger partial charge in [0, 0.05) is 10.9 Å². The second kappa shape index (κ2) is 3.98. The number of hydrogen-bond donors (Lipinski definition) is 1. The Morgan fingerprint density at radius 2 is 2.08 bits per heavy atom. The zero-order valence-corrected chi connectivity index (χ0v) is 8.84. The van der Waals surface area contributed by atoms with Crippen molar-refractivity contribution in [2.24, 2.45) is 5.73 Å². The van der Waals surface area contributed by atoms with Crippen LogP contribution < -0.4 is 5.73 Å². The van der Waals surface area contributed by atoms with Crippen LogP contribution in [-0.2, 0) is 0 Å². The maximum Gasteiger partial charge on any atom is 0.390 e. The summed E-state index contributed by atoms with van der Waals surface area (Å²) in [6, 6.07) is 2.35. The van der Waals surface area contributed by atoms with Crippen molar-refractivity contribution >= 4 is 27.3 Å². The summed E-state index contributed by atoms with van der Waals surface area (Å²) >= 11 is 4.39. The van der Waals surface area contributed by atoms with E-state index in [9.17, 15) is 13.2 Å². The molecule has 1 rings (SSSR count). The van der Waals surface area contributed by atoms with E-state index in [1.165, 1.54) is 11.3 Å². The number of halogens is 4. The number of rotatable bonds is 2. The zero-order valence-electron chi connectivity index (χ0n) is 6.44. The van der Waals surface area contributed by atoms with Gasteiger partial charge in [-0.3, -0.25) is 0 Å². The largest absolute Gasteiger partial charge is 0.390 e. The summed E-state index contributed by atoms with van der Waals surface area (Å²) in [4.78, 5) is 0.546. The molecule has 0 aliphatic heterocycles. The van der Waals surface area contributed by atoms with Crippen LogP contribution in [0.3, 0.4) is 0 Å². The highest BCUT2D eigenvalue weighted by atomic mass is 79.9. The molecule has 1 nitrogen and oxygen atoms in total. The van der Waals surface area contributed by atoms with Crippen molar-refractivity contribution < 1.29 is 13.2 Å². The van der Waals surface area contributed by atoms with Crippen LogP contribution in [0.5, 0.6) is 0 Å². The highest BCUT2D eigenvalue weighted by Gasteiger charge is 2.31. The first-order chi connectivity index (χ1) is 5.88. The lowest BCUT2D eigenvalue weighted by atomic mass is 10.2. The van der Waals surface area contributed by atoms with Gasteiger partial charge in [-0.1, -0.05) is 0 Å². The van der Waals surface area contributed by atoms with Crippen molar-refractivity contribution in [3.05, 3.63) is 20.8 Å². The average Bonchev–Trinajstić information content (AvgIpc) is 2.31. The van der Waals surface area contributed by atoms with E-state index in [-0.39, 0.29) is 0 Å². The highest BCUT2D eigenvalue weighted by Crippen LogP contribution is 2.32. The molecule has 0 radical (unpaired) electrons. The van der Waals surface area contributed by atoms with Crippen molar-refractivity contribution in [1.29, 1.82) is 0 Å². The van der Waals surface area contributed by atoms with Crippen molar-refractivity contribution in [3.63, 3.8) is 0 Å². The Morgan fingerprint density at radius 3 is 2.46 bits per heavy atom. The SMILES string of the molecule is NC(CC(F)(F)F)c1ccc(Br)s1. The van der Waals surface area contributed by atoms with E-state index in [1.807, 2.05) is 0 Å². The topological polar surface area (TPSA) is 26.0 Å². The predicted octanol–water partition coefficient (Wildman–Crippen LogP) is 3.46. The normalized spacial score (nSPS) is 14.5. The fourth-order valence-electron chi connectivity index (χ4n) is 0.878. The molecule has 74 valence electrons. The summed E-state index contributed by atoms with van der Waals surface area (Å²) in [6.45, 7) is 0. The van der Waals surface area contributed by atoms with Gasteiger partial charge in [0.1, 0.15) is 0 Å². The first-order valence-corrected chi connectivity index (χ1v) is 5.07. The van der Waals surface area contributed by atoms with Gasteiger partial charge in [-0.2, -0.15) is 13.2 Å². The van der Waals surface area contributed by atoms with Gasteiger partial charge in [-0.25, -0.2) is 0 Å². The Morgan fingerprint density at radius 1 is 1.46 bits per heavy atom. The average molecular weight is 274 g/mol. The summed E-state index contributed by atoms with van der Waals surface area (Å²) in [5, 5.41) is 0. The third-order valence-corrected chi connectivity index (χ3v) is 3.17. The van der Waals surface area contributed by atoms with E-state index in [1.54, 1.807) is 12.1 Å². The predicted molar refractivity (Wildman–Crippen MR) is 49.6 cm³/mol. The number of thiophene rings is 1.